The van der Waals surface area contributed by atoms with Crippen LogP contribution in [0.4, 0.5) is 0 Å². The first-order valence-electron chi connectivity index (χ1n) is 9.31. The number of carbonyl (C=O) groups excluding carboxylic acids is 1. The second-order valence-electron chi connectivity index (χ2n) is 7.31. The Morgan fingerprint density at radius 3 is 2.46 bits per heavy atom. The standard InChI is InChI=1S/C20H33N3O/c1-16(2)20(18-7-5-4-6-8-18)22-19(24)15-23-13-10-17(11-14-23)9-12-21-3/h4-8,16-17,20-21H,9-15H2,1-3H3,(H,22,24). The molecule has 2 N–H and O–H groups in total. The van der Waals surface area contributed by atoms with E-state index in [2.05, 4.69) is 41.5 Å². The van der Waals surface area contributed by atoms with Crippen molar-refractivity contribution in [1.29, 1.82) is 0 Å². The van der Waals surface area contributed by atoms with Crippen LogP contribution in [0.1, 0.15) is 44.7 Å². The zero-order valence-electron chi connectivity index (χ0n) is 15.4. The highest BCUT2D eigenvalue weighted by Crippen LogP contribution is 2.22. The minimum atomic E-state index is 0.0897. The highest BCUT2D eigenvalue weighted by Gasteiger charge is 2.23. The van der Waals surface area contributed by atoms with Crippen molar-refractivity contribution in [1.82, 2.24) is 15.5 Å². The number of piperidine rings is 1. The Bertz CT molecular complexity index is 481. The number of rotatable bonds is 8. The molecule has 1 unspecified atom stereocenters. The Hall–Kier alpha value is -1.39. The van der Waals surface area contributed by atoms with E-state index in [9.17, 15) is 4.79 Å². The number of nitrogens with zero attached hydrogens (tertiary/aromatic N) is 1. The number of hydrogen-bond acceptors (Lipinski definition) is 3. The molecule has 1 saturated heterocycles. The molecule has 1 aliphatic heterocycles. The molecule has 134 valence electrons. The first-order valence-corrected chi connectivity index (χ1v) is 9.31. The molecule has 0 saturated carbocycles. The molecule has 0 aliphatic carbocycles. The van der Waals surface area contributed by atoms with Gasteiger partial charge in [0.05, 0.1) is 12.6 Å². The average Bonchev–Trinajstić information content (AvgIpc) is 2.59. The fourth-order valence-corrected chi connectivity index (χ4v) is 3.50. The maximum Gasteiger partial charge on any atom is 0.234 e. The molecule has 4 heteroatoms. The van der Waals surface area contributed by atoms with Crippen molar-refractivity contribution < 1.29 is 4.79 Å². The monoisotopic (exact) mass is 331 g/mol. The third kappa shape index (κ3) is 5.91. The van der Waals surface area contributed by atoms with Crippen LogP contribution in [-0.2, 0) is 4.79 Å². The summed E-state index contributed by atoms with van der Waals surface area (Å²) in [5.74, 6) is 1.33. The normalized spacial score (nSPS) is 17.8. The number of carbonyl (C=O) groups is 1. The van der Waals surface area contributed by atoms with Crippen LogP contribution in [0, 0.1) is 11.8 Å². The van der Waals surface area contributed by atoms with E-state index in [4.69, 9.17) is 0 Å². The van der Waals surface area contributed by atoms with Gasteiger partial charge in [-0.25, -0.2) is 0 Å². The molecular weight excluding hydrogens is 298 g/mol. The van der Waals surface area contributed by atoms with E-state index in [1.54, 1.807) is 0 Å². The Morgan fingerprint density at radius 1 is 1.21 bits per heavy atom. The first kappa shape index (κ1) is 18.9. The lowest BCUT2D eigenvalue weighted by Gasteiger charge is -2.32. The van der Waals surface area contributed by atoms with Gasteiger partial charge in [-0.1, -0.05) is 44.2 Å². The quantitative estimate of drug-likeness (QED) is 0.770. The molecule has 1 fully saturated rings. The van der Waals surface area contributed by atoms with Gasteiger partial charge in [-0.3, -0.25) is 9.69 Å². The van der Waals surface area contributed by atoms with Crippen LogP contribution in [0.3, 0.4) is 0 Å². The topological polar surface area (TPSA) is 44.4 Å². The Morgan fingerprint density at radius 2 is 1.88 bits per heavy atom. The number of amides is 1. The van der Waals surface area contributed by atoms with Gasteiger partial charge in [0.2, 0.25) is 5.91 Å². The van der Waals surface area contributed by atoms with Gasteiger partial charge in [0.1, 0.15) is 0 Å². The summed E-state index contributed by atoms with van der Waals surface area (Å²) in [5, 5.41) is 6.46. The molecule has 1 aromatic carbocycles. The summed E-state index contributed by atoms with van der Waals surface area (Å²) in [6.07, 6.45) is 3.67. The number of nitrogens with one attached hydrogen (secondary N) is 2. The molecule has 0 radical (unpaired) electrons. The van der Waals surface area contributed by atoms with Crippen molar-refractivity contribution in [2.75, 3.05) is 33.2 Å². The maximum atomic E-state index is 12.5. The van der Waals surface area contributed by atoms with Gasteiger partial charge in [0.15, 0.2) is 0 Å². The zero-order chi connectivity index (χ0) is 17.4. The Kier molecular flexibility index (Phi) is 7.73. The molecule has 1 aliphatic rings. The van der Waals surface area contributed by atoms with E-state index in [0.29, 0.717) is 12.5 Å². The molecule has 0 bridgehead atoms. The first-order chi connectivity index (χ1) is 11.6. The Balaban J connectivity index is 1.80. The highest BCUT2D eigenvalue weighted by molar-refractivity contribution is 5.78. The van der Waals surface area contributed by atoms with Gasteiger partial charge < -0.3 is 10.6 Å². The average molecular weight is 332 g/mol. The van der Waals surface area contributed by atoms with Crippen LogP contribution in [0.5, 0.6) is 0 Å². The van der Waals surface area contributed by atoms with E-state index in [-0.39, 0.29) is 11.9 Å². The smallest absolute Gasteiger partial charge is 0.234 e. The van der Waals surface area contributed by atoms with Gasteiger partial charge in [0.25, 0.3) is 0 Å². The second kappa shape index (κ2) is 9.80. The van der Waals surface area contributed by atoms with E-state index in [1.165, 1.54) is 24.8 Å². The molecule has 4 nitrogen and oxygen atoms in total. The van der Waals surface area contributed by atoms with Crippen molar-refractivity contribution in [3.8, 4) is 0 Å². The van der Waals surface area contributed by atoms with Gasteiger partial charge in [-0.2, -0.15) is 0 Å². The molecule has 0 spiro atoms. The van der Waals surface area contributed by atoms with E-state index in [1.807, 2.05) is 25.2 Å². The predicted octanol–water partition coefficient (Wildman–Crippen LogP) is 2.82. The summed E-state index contributed by atoms with van der Waals surface area (Å²) < 4.78 is 0. The summed E-state index contributed by atoms with van der Waals surface area (Å²) in [6.45, 7) is 8.02. The Labute approximate surface area is 147 Å². The third-order valence-electron chi connectivity index (χ3n) is 5.02. The van der Waals surface area contributed by atoms with Crippen molar-refractivity contribution >= 4 is 5.91 Å². The summed E-state index contributed by atoms with van der Waals surface area (Å²) >= 11 is 0. The van der Waals surface area contributed by atoms with Gasteiger partial charge in [-0.15, -0.1) is 0 Å². The van der Waals surface area contributed by atoms with Gasteiger partial charge in [0, 0.05) is 0 Å². The molecule has 1 aromatic rings. The van der Waals surface area contributed by atoms with Gasteiger partial charge >= 0.3 is 0 Å². The zero-order valence-corrected chi connectivity index (χ0v) is 15.4. The fourth-order valence-electron chi connectivity index (χ4n) is 3.50. The minimum absolute atomic E-state index is 0.0897. The summed E-state index contributed by atoms with van der Waals surface area (Å²) in [5.41, 5.74) is 1.19. The number of likely N-dealkylation sites (tertiary alicyclic amines) is 1. The lowest BCUT2D eigenvalue weighted by molar-refractivity contribution is -0.123. The van der Waals surface area contributed by atoms with Crippen LogP contribution >= 0.6 is 0 Å². The summed E-state index contributed by atoms with van der Waals surface area (Å²) in [4.78, 5) is 14.8. The summed E-state index contributed by atoms with van der Waals surface area (Å²) in [7, 11) is 2.01. The van der Waals surface area contributed by atoms with Crippen molar-refractivity contribution in [2.45, 2.75) is 39.2 Å². The molecule has 1 amide bonds. The lowest BCUT2D eigenvalue weighted by Crippen LogP contribution is -2.43. The molecule has 24 heavy (non-hydrogen) atoms. The van der Waals surface area contributed by atoms with Crippen molar-refractivity contribution in [2.24, 2.45) is 11.8 Å². The molecule has 1 heterocycles. The largest absolute Gasteiger partial charge is 0.348 e. The molecule has 2 rings (SSSR count). The minimum Gasteiger partial charge on any atom is -0.348 e. The summed E-state index contributed by atoms with van der Waals surface area (Å²) in [6, 6.07) is 10.4. The lowest BCUT2D eigenvalue weighted by atomic mass is 9.93. The van der Waals surface area contributed by atoms with Crippen LogP contribution in [0.25, 0.3) is 0 Å². The maximum absolute atomic E-state index is 12.5. The van der Waals surface area contributed by atoms with Crippen LogP contribution in [-0.4, -0.2) is 44.0 Å². The SMILES string of the molecule is CNCCC1CCN(CC(=O)NC(c2ccccc2)C(C)C)CC1. The van der Waals surface area contributed by atoms with Crippen LogP contribution < -0.4 is 10.6 Å². The van der Waals surface area contributed by atoms with Crippen molar-refractivity contribution in [3.05, 3.63) is 35.9 Å². The van der Waals surface area contributed by atoms with Gasteiger partial charge in [-0.05, 0) is 63.3 Å². The fraction of sp³-hybridized carbons (Fsp3) is 0.650. The second-order valence-corrected chi connectivity index (χ2v) is 7.31. The molecule has 1 atom stereocenters. The van der Waals surface area contributed by atoms with Crippen LogP contribution in [0.15, 0.2) is 30.3 Å². The van der Waals surface area contributed by atoms with Crippen LogP contribution in [0.2, 0.25) is 0 Å². The molecule has 0 aromatic heterocycles. The molecular formula is C20H33N3O. The predicted molar refractivity (Wildman–Crippen MR) is 99.9 cm³/mol. The highest BCUT2D eigenvalue weighted by atomic mass is 16.2. The van der Waals surface area contributed by atoms with E-state index < -0.39 is 0 Å². The third-order valence-corrected chi connectivity index (χ3v) is 5.02. The van der Waals surface area contributed by atoms with Crippen molar-refractivity contribution in [3.63, 3.8) is 0 Å². The number of hydrogen-bond donors (Lipinski definition) is 2. The van der Waals surface area contributed by atoms with E-state index in [0.717, 1.165) is 25.6 Å². The van der Waals surface area contributed by atoms with E-state index >= 15 is 0 Å². The number of benzene rings is 1.